The first-order chi connectivity index (χ1) is 9.34. The standard InChI is InChI=1S/C16H21N3/c1-13(14-6-3-2-4-7-14)11-19-12-17-10-16(19)15-8-5-9-18-15/h2-4,6-7,10,12-13,15,18H,5,8-9,11H2,1H3/t13?,15-/m0/s1. The van der Waals surface area contributed by atoms with Gasteiger partial charge in [0.2, 0.25) is 0 Å². The lowest BCUT2D eigenvalue weighted by Gasteiger charge is -2.18. The van der Waals surface area contributed by atoms with Crippen molar-refractivity contribution in [3.63, 3.8) is 0 Å². The zero-order chi connectivity index (χ0) is 13.1. The Hall–Kier alpha value is -1.61. The molecule has 3 nitrogen and oxygen atoms in total. The van der Waals surface area contributed by atoms with Gasteiger partial charge in [0, 0.05) is 18.8 Å². The van der Waals surface area contributed by atoms with Crippen molar-refractivity contribution in [3.05, 3.63) is 54.1 Å². The molecule has 3 heteroatoms. The monoisotopic (exact) mass is 255 g/mol. The number of hydrogen-bond acceptors (Lipinski definition) is 2. The van der Waals surface area contributed by atoms with Gasteiger partial charge in [-0.05, 0) is 30.9 Å². The second-order valence-electron chi connectivity index (χ2n) is 5.43. The number of benzene rings is 1. The van der Waals surface area contributed by atoms with Gasteiger partial charge < -0.3 is 9.88 Å². The molecule has 1 N–H and O–H groups in total. The van der Waals surface area contributed by atoms with E-state index >= 15 is 0 Å². The van der Waals surface area contributed by atoms with Gasteiger partial charge in [0.1, 0.15) is 0 Å². The Morgan fingerprint density at radius 2 is 2.21 bits per heavy atom. The third-order valence-corrected chi connectivity index (χ3v) is 4.00. The number of nitrogens with zero attached hydrogens (tertiary/aromatic N) is 2. The minimum Gasteiger partial charge on any atom is -0.333 e. The van der Waals surface area contributed by atoms with Crippen molar-refractivity contribution in [2.24, 2.45) is 0 Å². The van der Waals surface area contributed by atoms with Crippen LogP contribution >= 0.6 is 0 Å². The number of rotatable bonds is 4. The number of imidazole rings is 1. The Morgan fingerprint density at radius 1 is 1.37 bits per heavy atom. The van der Waals surface area contributed by atoms with Crippen LogP contribution in [-0.2, 0) is 6.54 Å². The Bertz CT molecular complexity index is 512. The molecule has 2 atom stereocenters. The Labute approximate surface area is 114 Å². The van der Waals surface area contributed by atoms with Gasteiger partial charge in [0.15, 0.2) is 0 Å². The minimum absolute atomic E-state index is 0.491. The molecule has 0 aliphatic carbocycles. The van der Waals surface area contributed by atoms with Crippen LogP contribution in [-0.4, -0.2) is 16.1 Å². The fourth-order valence-corrected chi connectivity index (χ4v) is 2.89. The summed E-state index contributed by atoms with van der Waals surface area (Å²) in [5, 5.41) is 3.55. The number of hydrogen-bond donors (Lipinski definition) is 1. The first-order valence-electron chi connectivity index (χ1n) is 7.13. The van der Waals surface area contributed by atoms with Crippen molar-refractivity contribution in [1.29, 1.82) is 0 Å². The third kappa shape index (κ3) is 2.71. The van der Waals surface area contributed by atoms with E-state index in [0.717, 1.165) is 13.1 Å². The van der Waals surface area contributed by atoms with Crippen molar-refractivity contribution in [1.82, 2.24) is 14.9 Å². The third-order valence-electron chi connectivity index (χ3n) is 4.00. The second kappa shape index (κ2) is 5.57. The summed E-state index contributed by atoms with van der Waals surface area (Å²) in [5.74, 6) is 0.510. The fraction of sp³-hybridized carbons (Fsp3) is 0.438. The lowest BCUT2D eigenvalue weighted by Crippen LogP contribution is -2.18. The Morgan fingerprint density at radius 3 is 2.95 bits per heavy atom. The van der Waals surface area contributed by atoms with Gasteiger partial charge in [-0.1, -0.05) is 37.3 Å². The van der Waals surface area contributed by atoms with Gasteiger partial charge in [-0.2, -0.15) is 0 Å². The normalized spacial score (nSPS) is 20.6. The molecule has 1 aromatic carbocycles. The van der Waals surface area contributed by atoms with Crippen LogP contribution in [0.3, 0.4) is 0 Å². The molecule has 1 aromatic heterocycles. The zero-order valence-corrected chi connectivity index (χ0v) is 11.4. The van der Waals surface area contributed by atoms with Gasteiger partial charge in [0.25, 0.3) is 0 Å². The summed E-state index contributed by atoms with van der Waals surface area (Å²) in [6.07, 6.45) is 6.48. The largest absolute Gasteiger partial charge is 0.333 e. The van der Waals surface area contributed by atoms with Crippen LogP contribution in [0.1, 0.15) is 43.0 Å². The maximum Gasteiger partial charge on any atom is 0.0948 e. The molecule has 2 aromatic rings. The van der Waals surface area contributed by atoms with Gasteiger partial charge in [0.05, 0.1) is 12.0 Å². The molecule has 0 saturated carbocycles. The maximum atomic E-state index is 4.34. The molecule has 0 amide bonds. The molecule has 0 bridgehead atoms. The van der Waals surface area contributed by atoms with Crippen LogP contribution in [0.25, 0.3) is 0 Å². The Kier molecular flexibility index (Phi) is 3.65. The predicted molar refractivity (Wildman–Crippen MR) is 77.1 cm³/mol. The number of aromatic nitrogens is 2. The van der Waals surface area contributed by atoms with Crippen LogP contribution in [0.2, 0.25) is 0 Å². The summed E-state index contributed by atoms with van der Waals surface area (Å²) in [6.45, 7) is 4.41. The molecule has 1 aliphatic rings. The summed E-state index contributed by atoms with van der Waals surface area (Å²) in [4.78, 5) is 4.34. The second-order valence-corrected chi connectivity index (χ2v) is 5.43. The highest BCUT2D eigenvalue weighted by Gasteiger charge is 2.20. The molecule has 2 heterocycles. The van der Waals surface area contributed by atoms with Crippen molar-refractivity contribution in [2.75, 3.05) is 6.54 Å². The highest BCUT2D eigenvalue weighted by atomic mass is 15.1. The van der Waals surface area contributed by atoms with Crippen molar-refractivity contribution >= 4 is 0 Å². The maximum absolute atomic E-state index is 4.34. The predicted octanol–water partition coefficient (Wildman–Crippen LogP) is 3.11. The fourth-order valence-electron chi connectivity index (χ4n) is 2.89. The van der Waals surface area contributed by atoms with Crippen molar-refractivity contribution in [3.8, 4) is 0 Å². The van der Waals surface area contributed by atoms with Gasteiger partial charge >= 0.3 is 0 Å². The summed E-state index contributed by atoms with van der Waals surface area (Å²) in [7, 11) is 0. The summed E-state index contributed by atoms with van der Waals surface area (Å²) in [5.41, 5.74) is 2.72. The molecule has 19 heavy (non-hydrogen) atoms. The smallest absolute Gasteiger partial charge is 0.0948 e. The highest BCUT2D eigenvalue weighted by molar-refractivity contribution is 5.19. The Balaban J connectivity index is 1.75. The average molecular weight is 255 g/mol. The highest BCUT2D eigenvalue weighted by Crippen LogP contribution is 2.25. The first kappa shape index (κ1) is 12.4. The van der Waals surface area contributed by atoms with Crippen LogP contribution in [0.15, 0.2) is 42.9 Å². The van der Waals surface area contributed by atoms with Crippen LogP contribution < -0.4 is 5.32 Å². The zero-order valence-electron chi connectivity index (χ0n) is 11.4. The summed E-state index contributed by atoms with van der Waals surface area (Å²) >= 11 is 0. The molecule has 1 unspecified atom stereocenters. The van der Waals surface area contributed by atoms with E-state index < -0.39 is 0 Å². The van der Waals surface area contributed by atoms with E-state index in [1.807, 2.05) is 12.5 Å². The molecule has 3 rings (SSSR count). The van der Waals surface area contributed by atoms with E-state index in [1.165, 1.54) is 24.1 Å². The van der Waals surface area contributed by atoms with E-state index in [2.05, 4.69) is 52.1 Å². The lowest BCUT2D eigenvalue weighted by atomic mass is 10.0. The van der Waals surface area contributed by atoms with E-state index in [-0.39, 0.29) is 0 Å². The van der Waals surface area contributed by atoms with Gasteiger partial charge in [-0.25, -0.2) is 4.98 Å². The average Bonchev–Trinajstić information content (AvgIpc) is 3.10. The number of nitrogens with one attached hydrogen (secondary N) is 1. The topological polar surface area (TPSA) is 29.9 Å². The first-order valence-corrected chi connectivity index (χ1v) is 7.13. The van der Waals surface area contributed by atoms with Gasteiger partial charge in [-0.15, -0.1) is 0 Å². The minimum atomic E-state index is 0.491. The quantitative estimate of drug-likeness (QED) is 0.909. The van der Waals surface area contributed by atoms with E-state index in [9.17, 15) is 0 Å². The molecule has 1 saturated heterocycles. The molecule has 100 valence electrons. The van der Waals surface area contributed by atoms with Crippen LogP contribution in [0.4, 0.5) is 0 Å². The lowest BCUT2D eigenvalue weighted by molar-refractivity contribution is 0.528. The molecular weight excluding hydrogens is 234 g/mol. The molecule has 0 spiro atoms. The summed E-state index contributed by atoms with van der Waals surface area (Å²) < 4.78 is 2.31. The summed E-state index contributed by atoms with van der Waals surface area (Å²) in [6, 6.07) is 11.2. The molecule has 0 radical (unpaired) electrons. The SMILES string of the molecule is CC(Cn1cncc1[C@@H]1CCCN1)c1ccccc1. The van der Waals surface area contributed by atoms with Crippen LogP contribution in [0, 0.1) is 0 Å². The van der Waals surface area contributed by atoms with Crippen molar-refractivity contribution in [2.45, 2.75) is 38.3 Å². The van der Waals surface area contributed by atoms with Crippen molar-refractivity contribution < 1.29 is 0 Å². The molecule has 1 fully saturated rings. The van der Waals surface area contributed by atoms with Gasteiger partial charge in [-0.3, -0.25) is 0 Å². The molecular formula is C16H21N3. The molecule has 1 aliphatic heterocycles. The van der Waals surface area contributed by atoms with E-state index in [0.29, 0.717) is 12.0 Å². The van der Waals surface area contributed by atoms with E-state index in [4.69, 9.17) is 0 Å². The van der Waals surface area contributed by atoms with Crippen LogP contribution in [0.5, 0.6) is 0 Å². The van der Waals surface area contributed by atoms with E-state index in [1.54, 1.807) is 0 Å².